The van der Waals surface area contributed by atoms with Gasteiger partial charge < -0.3 is 10.6 Å². The summed E-state index contributed by atoms with van der Waals surface area (Å²) in [7, 11) is 0. The van der Waals surface area contributed by atoms with Crippen LogP contribution in [-0.2, 0) is 4.79 Å². The zero-order valence-corrected chi connectivity index (χ0v) is 17.0. The largest absolute Gasteiger partial charge is 0.331 e. The van der Waals surface area contributed by atoms with Crippen LogP contribution in [0, 0.1) is 6.92 Å². The minimum absolute atomic E-state index is 0.0953. The zero-order valence-electron chi connectivity index (χ0n) is 15.4. The van der Waals surface area contributed by atoms with Crippen LogP contribution in [0.1, 0.15) is 11.8 Å². The van der Waals surface area contributed by atoms with Crippen molar-refractivity contribution >= 4 is 45.1 Å². The SMILES string of the molecule is CC(=O)Nc1cccc(Nc2nc(-c3nc(-c4ccccc4)c(C)s3)cs2)c1. The molecule has 0 fully saturated rings. The Bertz CT molecular complexity index is 1120. The third-order valence-electron chi connectivity index (χ3n) is 4.00. The summed E-state index contributed by atoms with van der Waals surface area (Å²) >= 11 is 3.18. The van der Waals surface area contributed by atoms with Crippen LogP contribution in [0.4, 0.5) is 16.5 Å². The van der Waals surface area contributed by atoms with Gasteiger partial charge in [0, 0.05) is 34.1 Å². The van der Waals surface area contributed by atoms with Gasteiger partial charge in [0.25, 0.3) is 0 Å². The molecule has 2 aromatic heterocycles. The van der Waals surface area contributed by atoms with E-state index in [4.69, 9.17) is 4.98 Å². The Morgan fingerprint density at radius 3 is 2.57 bits per heavy atom. The van der Waals surface area contributed by atoms with Gasteiger partial charge in [-0.2, -0.15) is 0 Å². The topological polar surface area (TPSA) is 66.9 Å². The molecule has 4 aromatic rings. The Morgan fingerprint density at radius 2 is 1.79 bits per heavy atom. The lowest BCUT2D eigenvalue weighted by Gasteiger charge is -2.06. The van der Waals surface area contributed by atoms with Crippen molar-refractivity contribution in [2.45, 2.75) is 13.8 Å². The molecule has 2 heterocycles. The monoisotopic (exact) mass is 406 g/mol. The fraction of sp³-hybridized carbons (Fsp3) is 0.0952. The highest BCUT2D eigenvalue weighted by Crippen LogP contribution is 2.35. The predicted molar refractivity (Wildman–Crippen MR) is 117 cm³/mol. The van der Waals surface area contributed by atoms with Gasteiger partial charge in [0.2, 0.25) is 5.91 Å². The molecule has 0 unspecified atom stereocenters. The van der Waals surface area contributed by atoms with E-state index in [9.17, 15) is 4.79 Å². The molecule has 7 heteroatoms. The molecule has 5 nitrogen and oxygen atoms in total. The van der Waals surface area contributed by atoms with E-state index in [0.717, 1.165) is 38.5 Å². The average Bonchev–Trinajstić information content (AvgIpc) is 3.29. The Balaban J connectivity index is 1.55. The van der Waals surface area contributed by atoms with E-state index in [1.807, 2.05) is 47.8 Å². The van der Waals surface area contributed by atoms with Crippen molar-refractivity contribution in [3.05, 3.63) is 64.9 Å². The molecule has 0 saturated heterocycles. The van der Waals surface area contributed by atoms with Gasteiger partial charge in [0.15, 0.2) is 5.13 Å². The molecule has 0 atom stereocenters. The van der Waals surface area contributed by atoms with Crippen LogP contribution in [-0.4, -0.2) is 15.9 Å². The summed E-state index contributed by atoms with van der Waals surface area (Å²) in [6, 6.07) is 17.7. The lowest BCUT2D eigenvalue weighted by Crippen LogP contribution is -2.05. The predicted octanol–water partition coefficient (Wildman–Crippen LogP) is 5.94. The molecule has 28 heavy (non-hydrogen) atoms. The molecule has 1 amide bonds. The number of nitrogens with zero attached hydrogens (tertiary/aromatic N) is 2. The van der Waals surface area contributed by atoms with Gasteiger partial charge in [-0.3, -0.25) is 4.79 Å². The van der Waals surface area contributed by atoms with Gasteiger partial charge in [-0.1, -0.05) is 36.4 Å². The molecular weight excluding hydrogens is 388 g/mol. The summed E-state index contributed by atoms with van der Waals surface area (Å²) in [5, 5.41) is 9.77. The van der Waals surface area contributed by atoms with Crippen LogP contribution < -0.4 is 10.6 Å². The maximum Gasteiger partial charge on any atom is 0.221 e. The highest BCUT2D eigenvalue weighted by Gasteiger charge is 2.14. The van der Waals surface area contributed by atoms with E-state index < -0.39 is 0 Å². The van der Waals surface area contributed by atoms with Crippen molar-refractivity contribution < 1.29 is 4.79 Å². The van der Waals surface area contributed by atoms with Gasteiger partial charge in [-0.15, -0.1) is 22.7 Å². The third kappa shape index (κ3) is 4.11. The third-order valence-corrected chi connectivity index (χ3v) is 5.75. The Labute approximate surface area is 171 Å². The summed E-state index contributed by atoms with van der Waals surface area (Å²) in [5.41, 5.74) is 4.60. The van der Waals surface area contributed by atoms with E-state index in [-0.39, 0.29) is 5.91 Å². The number of amides is 1. The van der Waals surface area contributed by atoms with Crippen LogP contribution in [0.25, 0.3) is 22.0 Å². The molecule has 0 aliphatic rings. The average molecular weight is 407 g/mol. The second-order valence-electron chi connectivity index (χ2n) is 6.21. The Morgan fingerprint density at radius 1 is 1.00 bits per heavy atom. The van der Waals surface area contributed by atoms with Crippen LogP contribution in [0.3, 0.4) is 0 Å². The van der Waals surface area contributed by atoms with Crippen molar-refractivity contribution in [2.75, 3.05) is 10.6 Å². The fourth-order valence-electron chi connectivity index (χ4n) is 2.80. The number of hydrogen-bond acceptors (Lipinski definition) is 6. The molecule has 140 valence electrons. The van der Waals surface area contributed by atoms with Gasteiger partial charge in [0.1, 0.15) is 10.7 Å². The molecule has 0 aliphatic carbocycles. The van der Waals surface area contributed by atoms with Crippen molar-refractivity contribution in [3.8, 4) is 22.0 Å². The second kappa shape index (κ2) is 7.92. The van der Waals surface area contributed by atoms with E-state index >= 15 is 0 Å². The number of hydrogen-bond donors (Lipinski definition) is 2. The molecule has 2 aromatic carbocycles. The van der Waals surface area contributed by atoms with Crippen LogP contribution in [0.2, 0.25) is 0 Å². The summed E-state index contributed by atoms with van der Waals surface area (Å²) < 4.78 is 0. The van der Waals surface area contributed by atoms with Crippen molar-refractivity contribution in [3.63, 3.8) is 0 Å². The van der Waals surface area contributed by atoms with Crippen LogP contribution in [0.5, 0.6) is 0 Å². The number of carbonyl (C=O) groups is 1. The first-order valence-corrected chi connectivity index (χ1v) is 10.4. The van der Waals surface area contributed by atoms with E-state index in [0.29, 0.717) is 0 Å². The smallest absolute Gasteiger partial charge is 0.221 e. The molecule has 0 saturated carbocycles. The summed E-state index contributed by atoms with van der Waals surface area (Å²) in [4.78, 5) is 21.9. The molecule has 0 bridgehead atoms. The lowest BCUT2D eigenvalue weighted by atomic mass is 10.1. The summed E-state index contributed by atoms with van der Waals surface area (Å²) in [6.07, 6.45) is 0. The number of aryl methyl sites for hydroxylation is 1. The molecule has 0 spiro atoms. The van der Waals surface area contributed by atoms with Crippen LogP contribution >= 0.6 is 22.7 Å². The number of rotatable bonds is 5. The van der Waals surface area contributed by atoms with Crippen LogP contribution in [0.15, 0.2) is 60.0 Å². The number of carbonyl (C=O) groups excluding carboxylic acids is 1. The van der Waals surface area contributed by atoms with Crippen molar-refractivity contribution in [2.24, 2.45) is 0 Å². The van der Waals surface area contributed by atoms with Crippen molar-refractivity contribution in [1.82, 2.24) is 9.97 Å². The second-order valence-corrected chi connectivity index (χ2v) is 8.28. The quantitative estimate of drug-likeness (QED) is 0.430. The van der Waals surface area contributed by atoms with Crippen molar-refractivity contribution in [1.29, 1.82) is 0 Å². The lowest BCUT2D eigenvalue weighted by molar-refractivity contribution is -0.114. The zero-order chi connectivity index (χ0) is 19.5. The number of nitrogens with one attached hydrogen (secondary N) is 2. The number of aromatic nitrogens is 2. The van der Waals surface area contributed by atoms with Gasteiger partial charge >= 0.3 is 0 Å². The first-order chi connectivity index (χ1) is 13.6. The minimum Gasteiger partial charge on any atom is -0.331 e. The molecule has 0 aliphatic heterocycles. The number of thiazole rings is 2. The highest BCUT2D eigenvalue weighted by atomic mass is 32.1. The molecule has 0 radical (unpaired) electrons. The van der Waals surface area contributed by atoms with E-state index in [2.05, 4.69) is 34.7 Å². The molecule has 4 rings (SSSR count). The van der Waals surface area contributed by atoms with Gasteiger partial charge in [0.05, 0.1) is 5.69 Å². The van der Waals surface area contributed by atoms with Gasteiger partial charge in [-0.05, 0) is 25.1 Å². The summed E-state index contributed by atoms with van der Waals surface area (Å²) in [6.45, 7) is 3.58. The molecule has 2 N–H and O–H groups in total. The summed E-state index contributed by atoms with van der Waals surface area (Å²) in [5.74, 6) is -0.0953. The minimum atomic E-state index is -0.0953. The first kappa shape index (κ1) is 18.3. The fourth-order valence-corrected chi connectivity index (χ4v) is 4.49. The maximum atomic E-state index is 11.2. The van der Waals surface area contributed by atoms with E-state index in [1.54, 1.807) is 11.3 Å². The van der Waals surface area contributed by atoms with E-state index in [1.165, 1.54) is 23.1 Å². The standard InChI is InChI=1S/C21H18N4OS2/c1-13-19(15-7-4-3-5-8-15)25-20(28-13)18-12-27-21(24-18)23-17-10-6-9-16(11-17)22-14(2)26/h3-12H,1-2H3,(H,22,26)(H,23,24). The first-order valence-electron chi connectivity index (χ1n) is 8.72. The number of benzene rings is 2. The Kier molecular flexibility index (Phi) is 5.18. The number of anilines is 3. The highest BCUT2D eigenvalue weighted by molar-refractivity contribution is 7.17. The van der Waals surface area contributed by atoms with Gasteiger partial charge in [-0.25, -0.2) is 9.97 Å². The normalized spacial score (nSPS) is 10.6. The maximum absolute atomic E-state index is 11.2. The Hall–Kier alpha value is -3.03. The molecular formula is C21H18N4OS2.